The molecule has 1 N–H and O–H groups in total. The topological polar surface area (TPSA) is 107 Å². The molecule has 1 aliphatic carbocycles. The molecule has 47 heavy (non-hydrogen) atoms. The van der Waals surface area contributed by atoms with Gasteiger partial charge in [-0.15, -0.1) is 0 Å². The molecule has 4 aromatic rings. The Bertz CT molecular complexity index is 1750. The van der Waals surface area contributed by atoms with Crippen LogP contribution >= 0.6 is 0 Å². The van der Waals surface area contributed by atoms with Crippen molar-refractivity contribution in [1.82, 2.24) is 19.7 Å². The number of hydrogen-bond donors (Lipinski definition) is 1. The summed E-state index contributed by atoms with van der Waals surface area (Å²) >= 11 is 0. The molecule has 3 heterocycles. The minimum absolute atomic E-state index is 0.108. The van der Waals surface area contributed by atoms with Gasteiger partial charge in [0.1, 0.15) is 23.5 Å². The molecule has 0 spiro atoms. The third-order valence-electron chi connectivity index (χ3n) is 9.50. The van der Waals surface area contributed by atoms with Crippen LogP contribution in [0.15, 0.2) is 60.8 Å². The van der Waals surface area contributed by atoms with E-state index in [2.05, 4.69) is 48.4 Å². The minimum Gasteiger partial charge on any atom is -0.486 e. The largest absolute Gasteiger partial charge is 0.486 e. The van der Waals surface area contributed by atoms with E-state index >= 15 is 0 Å². The SMILES string of the molecule is CCOC(=O)c1cnn(-c2cccc(-c3cccc4c3C(Oc3ccc(C5CCN(C(=O)C(C)O)CC5)c(CC)c3)CC4)n2)c1CC. The van der Waals surface area contributed by atoms with Gasteiger partial charge in [0.15, 0.2) is 5.82 Å². The van der Waals surface area contributed by atoms with E-state index in [1.807, 2.05) is 25.1 Å². The molecule has 2 unspecified atom stereocenters. The second kappa shape index (κ2) is 14.1. The monoisotopic (exact) mass is 636 g/mol. The summed E-state index contributed by atoms with van der Waals surface area (Å²) < 4.78 is 13.7. The fraction of sp³-hybridized carbons (Fsp3) is 0.421. The first-order valence-electron chi connectivity index (χ1n) is 16.9. The van der Waals surface area contributed by atoms with Crippen LogP contribution in [0.3, 0.4) is 0 Å². The summed E-state index contributed by atoms with van der Waals surface area (Å²) in [5.74, 6) is 1.33. The van der Waals surface area contributed by atoms with Gasteiger partial charge in [0.2, 0.25) is 0 Å². The van der Waals surface area contributed by atoms with Crippen molar-refractivity contribution in [3.63, 3.8) is 0 Å². The maximum atomic E-state index is 12.5. The van der Waals surface area contributed by atoms with Crippen LogP contribution in [0.4, 0.5) is 0 Å². The van der Waals surface area contributed by atoms with E-state index in [9.17, 15) is 14.7 Å². The van der Waals surface area contributed by atoms with Crippen molar-refractivity contribution in [3.8, 4) is 22.8 Å². The zero-order valence-electron chi connectivity index (χ0n) is 27.7. The second-order valence-corrected chi connectivity index (χ2v) is 12.4. The summed E-state index contributed by atoms with van der Waals surface area (Å²) in [6.45, 7) is 9.14. The first-order valence-corrected chi connectivity index (χ1v) is 16.9. The highest BCUT2D eigenvalue weighted by atomic mass is 16.5. The molecule has 0 bridgehead atoms. The van der Waals surface area contributed by atoms with Crippen molar-refractivity contribution < 1.29 is 24.2 Å². The van der Waals surface area contributed by atoms with Gasteiger partial charge in [0.25, 0.3) is 5.91 Å². The van der Waals surface area contributed by atoms with E-state index in [4.69, 9.17) is 14.5 Å². The van der Waals surface area contributed by atoms with E-state index in [1.165, 1.54) is 23.6 Å². The molecule has 0 saturated carbocycles. The third-order valence-corrected chi connectivity index (χ3v) is 9.50. The predicted molar refractivity (Wildman–Crippen MR) is 180 cm³/mol. The van der Waals surface area contributed by atoms with Crippen LogP contribution in [0.1, 0.15) is 97.3 Å². The minimum atomic E-state index is -0.952. The number of likely N-dealkylation sites (tertiary alicyclic amines) is 1. The first kappa shape index (κ1) is 32.4. The number of hydrogen-bond acceptors (Lipinski definition) is 7. The molecule has 1 saturated heterocycles. The Kier molecular flexibility index (Phi) is 9.73. The van der Waals surface area contributed by atoms with Crippen LogP contribution in [0.25, 0.3) is 17.1 Å². The van der Waals surface area contributed by atoms with Gasteiger partial charge in [-0.3, -0.25) is 4.79 Å². The number of aromatic nitrogens is 3. The van der Waals surface area contributed by atoms with Gasteiger partial charge in [-0.2, -0.15) is 5.10 Å². The summed E-state index contributed by atoms with van der Waals surface area (Å²) in [5, 5.41) is 14.2. The Morgan fingerprint density at radius 1 is 1.00 bits per heavy atom. The maximum absolute atomic E-state index is 12.5. The molecule has 2 aromatic heterocycles. The number of benzene rings is 2. The van der Waals surface area contributed by atoms with Crippen LogP contribution in [-0.2, 0) is 28.8 Å². The molecule has 0 radical (unpaired) electrons. The normalized spacial score (nSPS) is 17.0. The van der Waals surface area contributed by atoms with Crippen LogP contribution in [0, 0.1) is 0 Å². The molecular formula is C38H44N4O5. The standard InChI is InChI=1S/C38H44N4O5/c1-5-25-22-28(15-16-29(25)26-18-20-41(21-19-26)37(44)24(4)43)47-34-17-14-27-10-8-11-30(36(27)34)32-12-9-13-35(40-32)42-33(6-2)31(23-39-42)38(45)46-7-3/h8-13,15-16,22-24,26,34,43H,5-7,14,17-21H2,1-4H3. The molecule has 1 amide bonds. The molecule has 2 atom stereocenters. The van der Waals surface area contributed by atoms with Crippen molar-refractivity contribution in [1.29, 1.82) is 0 Å². The number of aliphatic hydroxyl groups is 1. The summed E-state index contributed by atoms with van der Waals surface area (Å²) in [4.78, 5) is 31.6. The first-order chi connectivity index (χ1) is 22.8. The van der Waals surface area contributed by atoms with Crippen LogP contribution in [0.5, 0.6) is 5.75 Å². The van der Waals surface area contributed by atoms with Crippen molar-refractivity contribution in [2.24, 2.45) is 0 Å². The number of fused-ring (bicyclic) bond motifs is 1. The van der Waals surface area contributed by atoms with Gasteiger partial charge in [-0.25, -0.2) is 14.5 Å². The highest BCUT2D eigenvalue weighted by Gasteiger charge is 2.30. The number of carbonyl (C=O) groups excluding carboxylic acids is 2. The number of carbonyl (C=O) groups is 2. The summed E-state index contributed by atoms with van der Waals surface area (Å²) in [7, 11) is 0. The number of esters is 1. The van der Waals surface area contributed by atoms with Crippen LogP contribution in [0.2, 0.25) is 0 Å². The lowest BCUT2D eigenvalue weighted by atomic mass is 9.85. The summed E-state index contributed by atoms with van der Waals surface area (Å²) in [6, 6.07) is 18.7. The highest BCUT2D eigenvalue weighted by Crippen LogP contribution is 2.42. The molecule has 2 aromatic carbocycles. The van der Waals surface area contributed by atoms with Gasteiger partial charge in [-0.05, 0) is 99.2 Å². The number of nitrogens with zero attached hydrogens (tertiary/aromatic N) is 4. The van der Waals surface area contributed by atoms with Gasteiger partial charge in [-0.1, -0.05) is 44.2 Å². The molecule has 9 nitrogen and oxygen atoms in total. The predicted octanol–water partition coefficient (Wildman–Crippen LogP) is 6.39. The molecule has 1 aliphatic heterocycles. The fourth-order valence-electron chi connectivity index (χ4n) is 7.16. The molecule has 6 rings (SSSR count). The molecule has 2 aliphatic rings. The second-order valence-electron chi connectivity index (χ2n) is 12.4. The van der Waals surface area contributed by atoms with Gasteiger partial charge >= 0.3 is 5.97 Å². The third kappa shape index (κ3) is 6.54. The molecule has 9 heteroatoms. The lowest BCUT2D eigenvalue weighted by molar-refractivity contribution is -0.140. The van der Waals surface area contributed by atoms with Gasteiger partial charge in [0.05, 0.1) is 24.2 Å². The van der Waals surface area contributed by atoms with Gasteiger partial charge in [0, 0.05) is 24.2 Å². The average Bonchev–Trinajstić information content (AvgIpc) is 3.72. The quantitative estimate of drug-likeness (QED) is 0.201. The Hall–Kier alpha value is -4.50. The number of aliphatic hydroxyl groups excluding tert-OH is 1. The van der Waals surface area contributed by atoms with Crippen molar-refractivity contribution in [2.75, 3.05) is 19.7 Å². The van der Waals surface area contributed by atoms with Gasteiger partial charge < -0.3 is 19.5 Å². The average molecular weight is 637 g/mol. The summed E-state index contributed by atoms with van der Waals surface area (Å²) in [5.41, 5.74) is 8.13. The summed E-state index contributed by atoms with van der Waals surface area (Å²) in [6.07, 6.45) is 5.59. The Balaban J connectivity index is 1.24. The van der Waals surface area contributed by atoms with E-state index in [1.54, 1.807) is 22.7 Å². The molecule has 1 fully saturated rings. The molecular weight excluding hydrogens is 592 g/mol. The Morgan fingerprint density at radius 2 is 1.79 bits per heavy atom. The number of aryl methyl sites for hydroxylation is 2. The van der Waals surface area contributed by atoms with Crippen molar-refractivity contribution in [2.45, 2.75) is 84.3 Å². The van der Waals surface area contributed by atoms with Crippen molar-refractivity contribution in [3.05, 3.63) is 94.3 Å². The van der Waals surface area contributed by atoms with E-state index in [0.717, 1.165) is 60.4 Å². The number of pyridine rings is 1. The maximum Gasteiger partial charge on any atom is 0.341 e. The number of amides is 1. The number of rotatable bonds is 10. The van der Waals surface area contributed by atoms with E-state index in [0.29, 0.717) is 43.4 Å². The Morgan fingerprint density at radius 3 is 2.51 bits per heavy atom. The lowest BCUT2D eigenvalue weighted by Crippen LogP contribution is -2.42. The number of piperidine rings is 1. The Labute approximate surface area is 276 Å². The lowest BCUT2D eigenvalue weighted by Gasteiger charge is -2.33. The highest BCUT2D eigenvalue weighted by molar-refractivity contribution is 5.90. The number of ether oxygens (including phenoxy) is 2. The smallest absolute Gasteiger partial charge is 0.341 e. The van der Waals surface area contributed by atoms with E-state index in [-0.39, 0.29) is 18.0 Å². The van der Waals surface area contributed by atoms with Crippen LogP contribution < -0.4 is 4.74 Å². The zero-order chi connectivity index (χ0) is 33.1. The van der Waals surface area contributed by atoms with Crippen LogP contribution in [-0.4, -0.2) is 62.4 Å². The molecule has 246 valence electrons. The fourth-order valence-corrected chi connectivity index (χ4v) is 7.16. The van der Waals surface area contributed by atoms with E-state index < -0.39 is 6.10 Å². The zero-order valence-corrected chi connectivity index (χ0v) is 27.7. The van der Waals surface area contributed by atoms with Crippen molar-refractivity contribution >= 4 is 11.9 Å².